The molecule has 140 valence electrons. The van der Waals surface area contributed by atoms with Gasteiger partial charge in [0.25, 0.3) is 0 Å². The van der Waals surface area contributed by atoms with Crippen LogP contribution in [0.5, 0.6) is 11.5 Å². The molecule has 2 aromatic carbocycles. The van der Waals surface area contributed by atoms with Gasteiger partial charge in [-0.3, -0.25) is 0 Å². The number of aliphatic hydroxyl groups excluding tert-OH is 2. The quantitative estimate of drug-likeness (QED) is 0.666. The predicted molar refractivity (Wildman–Crippen MR) is 108 cm³/mol. The lowest BCUT2D eigenvalue weighted by molar-refractivity contribution is 0.0978. The van der Waals surface area contributed by atoms with Gasteiger partial charge in [-0.15, -0.1) is 0 Å². The van der Waals surface area contributed by atoms with E-state index in [2.05, 4.69) is 44.0 Å². The summed E-state index contributed by atoms with van der Waals surface area (Å²) in [5, 5.41) is 17.9. The maximum absolute atomic E-state index is 8.94. The van der Waals surface area contributed by atoms with Gasteiger partial charge in [-0.05, 0) is 73.2 Å². The molecule has 0 fully saturated rings. The van der Waals surface area contributed by atoms with Crippen LogP contribution in [0.2, 0.25) is 0 Å². The molecule has 0 aromatic heterocycles. The van der Waals surface area contributed by atoms with Crippen LogP contribution < -0.4 is 9.47 Å². The highest BCUT2D eigenvalue weighted by Gasteiger charge is 2.19. The van der Waals surface area contributed by atoms with Crippen molar-refractivity contribution >= 4 is 31.9 Å². The average Bonchev–Trinajstić information content (AvgIpc) is 2.67. The number of benzene rings is 2. The van der Waals surface area contributed by atoms with Crippen molar-refractivity contribution in [3.63, 3.8) is 0 Å². The lowest BCUT2D eigenvalue weighted by atomic mass is 10.0. The Bertz CT molecular complexity index is 687. The molecule has 0 bridgehead atoms. The zero-order valence-electron chi connectivity index (χ0n) is 14.3. The first kappa shape index (κ1) is 19.7. The van der Waals surface area contributed by atoms with Gasteiger partial charge in [0.15, 0.2) is 0 Å². The van der Waals surface area contributed by atoms with E-state index in [0.717, 1.165) is 46.1 Å². The topological polar surface area (TPSA) is 58.9 Å². The zero-order chi connectivity index (χ0) is 18.5. The largest absolute Gasteiger partial charge is 0.488 e. The van der Waals surface area contributed by atoms with E-state index in [0.29, 0.717) is 0 Å². The molecule has 2 atom stereocenters. The third-order valence-electron chi connectivity index (χ3n) is 4.51. The van der Waals surface area contributed by atoms with E-state index >= 15 is 0 Å². The van der Waals surface area contributed by atoms with E-state index in [1.165, 1.54) is 11.1 Å². The van der Waals surface area contributed by atoms with Crippen LogP contribution in [0.4, 0.5) is 0 Å². The summed E-state index contributed by atoms with van der Waals surface area (Å²) in [5.74, 6) is 1.82. The minimum atomic E-state index is -0.0197. The van der Waals surface area contributed by atoms with Crippen LogP contribution in [-0.4, -0.2) is 35.6 Å². The Labute approximate surface area is 170 Å². The number of hydrogen-bond acceptors (Lipinski definition) is 4. The summed E-state index contributed by atoms with van der Waals surface area (Å²) in [7, 11) is 0. The Hall–Kier alpha value is -1.08. The normalized spacial score (nSPS) is 20.6. The second-order valence-corrected chi connectivity index (χ2v) is 8.26. The molecule has 2 unspecified atom stereocenters. The molecule has 0 spiro atoms. The molecule has 2 aromatic rings. The summed E-state index contributed by atoms with van der Waals surface area (Å²) in [5.41, 5.74) is 2.44. The van der Waals surface area contributed by atoms with E-state index in [1.807, 2.05) is 24.3 Å². The van der Waals surface area contributed by atoms with Crippen molar-refractivity contribution in [1.82, 2.24) is 0 Å². The molecule has 2 aliphatic rings. The van der Waals surface area contributed by atoms with Crippen LogP contribution in [0.3, 0.4) is 0 Å². The summed E-state index contributed by atoms with van der Waals surface area (Å²) in [6.07, 6.45) is 3.74. The smallest absolute Gasteiger partial charge is 0.123 e. The van der Waals surface area contributed by atoms with Crippen LogP contribution in [-0.2, 0) is 12.8 Å². The van der Waals surface area contributed by atoms with Gasteiger partial charge in [0.1, 0.15) is 23.7 Å². The van der Waals surface area contributed by atoms with Crippen molar-refractivity contribution in [1.29, 1.82) is 0 Å². The Balaban J connectivity index is 0.000000151. The lowest BCUT2D eigenvalue weighted by Gasteiger charge is -2.24. The molecule has 2 heterocycles. The number of ether oxygens (including phenoxy) is 2. The molecule has 0 aliphatic carbocycles. The summed E-state index contributed by atoms with van der Waals surface area (Å²) < 4.78 is 13.3. The Morgan fingerprint density at radius 2 is 1.19 bits per heavy atom. The van der Waals surface area contributed by atoms with Gasteiger partial charge in [0, 0.05) is 8.95 Å². The van der Waals surface area contributed by atoms with E-state index in [-0.39, 0.29) is 25.4 Å². The third kappa shape index (κ3) is 5.00. The first-order chi connectivity index (χ1) is 12.6. The van der Waals surface area contributed by atoms with Crippen molar-refractivity contribution < 1.29 is 19.7 Å². The Morgan fingerprint density at radius 3 is 1.58 bits per heavy atom. The van der Waals surface area contributed by atoms with Gasteiger partial charge >= 0.3 is 0 Å². The molecule has 0 amide bonds. The summed E-state index contributed by atoms with van der Waals surface area (Å²) in [6, 6.07) is 11.9. The minimum Gasteiger partial charge on any atom is -0.488 e. The van der Waals surface area contributed by atoms with Gasteiger partial charge in [0.2, 0.25) is 0 Å². The van der Waals surface area contributed by atoms with E-state index in [1.54, 1.807) is 0 Å². The van der Waals surface area contributed by atoms with Crippen molar-refractivity contribution in [3.05, 3.63) is 56.5 Å². The molecular weight excluding hydrogens is 464 g/mol. The van der Waals surface area contributed by atoms with Gasteiger partial charge in [0.05, 0.1) is 13.2 Å². The number of fused-ring (bicyclic) bond motifs is 2. The highest BCUT2D eigenvalue weighted by molar-refractivity contribution is 9.10. The fraction of sp³-hybridized carbons (Fsp3) is 0.400. The van der Waals surface area contributed by atoms with Gasteiger partial charge in [-0.2, -0.15) is 0 Å². The maximum Gasteiger partial charge on any atom is 0.123 e. The second kappa shape index (κ2) is 9.22. The van der Waals surface area contributed by atoms with Gasteiger partial charge < -0.3 is 19.7 Å². The Morgan fingerprint density at radius 1 is 0.769 bits per heavy atom. The molecule has 4 rings (SSSR count). The number of halogens is 2. The number of aryl methyl sites for hydroxylation is 2. The monoisotopic (exact) mass is 484 g/mol. The molecule has 0 saturated carbocycles. The Kier molecular flexibility index (Phi) is 6.98. The SMILES string of the molecule is OCC1CCc2cc(Br)ccc2O1.OCC1CCc2cc(Br)ccc2O1. The summed E-state index contributed by atoms with van der Waals surface area (Å²) >= 11 is 6.84. The van der Waals surface area contributed by atoms with Crippen molar-refractivity contribution in [2.45, 2.75) is 37.9 Å². The minimum absolute atomic E-state index is 0.0197. The van der Waals surface area contributed by atoms with Crippen LogP contribution in [0, 0.1) is 0 Å². The third-order valence-corrected chi connectivity index (χ3v) is 5.50. The second-order valence-electron chi connectivity index (χ2n) is 6.43. The van der Waals surface area contributed by atoms with E-state index in [4.69, 9.17) is 19.7 Å². The molecule has 2 N–H and O–H groups in total. The molecule has 6 heteroatoms. The molecule has 26 heavy (non-hydrogen) atoms. The molecule has 0 saturated heterocycles. The highest BCUT2D eigenvalue weighted by Crippen LogP contribution is 2.30. The van der Waals surface area contributed by atoms with Gasteiger partial charge in [-0.1, -0.05) is 31.9 Å². The molecule has 2 aliphatic heterocycles. The van der Waals surface area contributed by atoms with Crippen LogP contribution in [0.25, 0.3) is 0 Å². The first-order valence-electron chi connectivity index (χ1n) is 8.71. The highest BCUT2D eigenvalue weighted by atomic mass is 79.9. The fourth-order valence-electron chi connectivity index (χ4n) is 3.08. The van der Waals surface area contributed by atoms with E-state index in [9.17, 15) is 0 Å². The molecule has 0 radical (unpaired) electrons. The zero-order valence-corrected chi connectivity index (χ0v) is 17.5. The number of rotatable bonds is 2. The van der Waals surface area contributed by atoms with Crippen molar-refractivity contribution in [3.8, 4) is 11.5 Å². The standard InChI is InChI=1S/2C10H11BrO2/c2*11-8-2-4-10-7(5-8)1-3-9(6-12)13-10/h2*2,4-5,9,12H,1,3,6H2. The summed E-state index contributed by atoms with van der Waals surface area (Å²) in [6.45, 7) is 0.213. The van der Waals surface area contributed by atoms with Crippen molar-refractivity contribution in [2.24, 2.45) is 0 Å². The summed E-state index contributed by atoms with van der Waals surface area (Å²) in [4.78, 5) is 0. The van der Waals surface area contributed by atoms with E-state index < -0.39 is 0 Å². The molecular formula is C20H22Br2O4. The fourth-order valence-corrected chi connectivity index (χ4v) is 3.90. The first-order valence-corrected chi connectivity index (χ1v) is 10.3. The lowest BCUT2D eigenvalue weighted by Crippen LogP contribution is -2.25. The predicted octanol–water partition coefficient (Wildman–Crippen LogP) is 4.27. The van der Waals surface area contributed by atoms with Crippen LogP contribution >= 0.6 is 31.9 Å². The van der Waals surface area contributed by atoms with Gasteiger partial charge in [-0.25, -0.2) is 0 Å². The van der Waals surface area contributed by atoms with Crippen LogP contribution in [0.15, 0.2) is 45.3 Å². The maximum atomic E-state index is 8.94. The molecule has 4 nitrogen and oxygen atoms in total. The number of hydrogen-bond donors (Lipinski definition) is 2. The number of aliphatic hydroxyl groups is 2. The average molecular weight is 486 g/mol. The van der Waals surface area contributed by atoms with Crippen LogP contribution in [0.1, 0.15) is 24.0 Å². The van der Waals surface area contributed by atoms with Crippen molar-refractivity contribution in [2.75, 3.05) is 13.2 Å².